The van der Waals surface area contributed by atoms with Gasteiger partial charge in [0, 0.05) is 10.9 Å². The number of rotatable bonds is 2. The number of ether oxygens (including phenoxy) is 2. The summed E-state index contributed by atoms with van der Waals surface area (Å²) >= 11 is 3.52. The second-order valence-corrected chi connectivity index (χ2v) is 4.63. The van der Waals surface area contributed by atoms with E-state index in [0.29, 0.717) is 13.2 Å². The van der Waals surface area contributed by atoms with Gasteiger partial charge in [0.25, 0.3) is 0 Å². The Morgan fingerprint density at radius 1 is 1.00 bits per heavy atom. The zero-order valence-corrected chi connectivity index (χ0v) is 10.9. The van der Waals surface area contributed by atoms with E-state index in [1.54, 1.807) is 0 Å². The van der Waals surface area contributed by atoms with E-state index in [1.807, 2.05) is 0 Å². The van der Waals surface area contributed by atoms with Gasteiger partial charge < -0.3 is 9.47 Å². The highest BCUT2D eigenvalue weighted by Gasteiger charge is 2.20. The quantitative estimate of drug-likeness (QED) is 0.784. The van der Waals surface area contributed by atoms with Gasteiger partial charge in [-0.25, -0.2) is 0 Å². The summed E-state index contributed by atoms with van der Waals surface area (Å²) in [5.74, 6) is 0. The Hall–Kier alpha value is -0.900. The first-order chi connectivity index (χ1) is 8.40. The lowest BCUT2D eigenvalue weighted by Crippen LogP contribution is -1.99. The van der Waals surface area contributed by atoms with E-state index in [1.165, 1.54) is 16.3 Å². The van der Waals surface area contributed by atoms with E-state index in [-0.39, 0.29) is 6.29 Å². The van der Waals surface area contributed by atoms with Crippen LogP contribution in [-0.2, 0) is 14.8 Å². The van der Waals surface area contributed by atoms with Gasteiger partial charge in [0.1, 0.15) is 0 Å². The van der Waals surface area contributed by atoms with Crippen LogP contribution in [0.3, 0.4) is 0 Å². The molecule has 2 aromatic rings. The molecular weight excluding hydrogens is 280 g/mol. The molecule has 1 aliphatic rings. The molecule has 0 unspecified atom stereocenters. The molecule has 2 aromatic carbocycles. The SMILES string of the molecule is BrCc1ccc(C2OCCO2)c2ccccc12. The molecule has 0 radical (unpaired) electrons. The van der Waals surface area contributed by atoms with Crippen molar-refractivity contribution in [2.75, 3.05) is 13.2 Å². The summed E-state index contributed by atoms with van der Waals surface area (Å²) in [6.45, 7) is 1.36. The normalized spacial score (nSPS) is 16.8. The first kappa shape index (κ1) is 11.2. The molecule has 0 saturated carbocycles. The fourth-order valence-electron chi connectivity index (χ4n) is 2.24. The van der Waals surface area contributed by atoms with Gasteiger partial charge in [0.15, 0.2) is 6.29 Å². The van der Waals surface area contributed by atoms with Crippen molar-refractivity contribution in [1.29, 1.82) is 0 Å². The molecule has 0 aliphatic carbocycles. The highest BCUT2D eigenvalue weighted by atomic mass is 79.9. The van der Waals surface area contributed by atoms with Gasteiger partial charge in [-0.3, -0.25) is 0 Å². The number of alkyl halides is 1. The van der Waals surface area contributed by atoms with Crippen molar-refractivity contribution in [3.63, 3.8) is 0 Å². The molecule has 0 amide bonds. The second-order valence-electron chi connectivity index (χ2n) is 4.07. The lowest BCUT2D eigenvalue weighted by Gasteiger charge is -2.14. The maximum Gasteiger partial charge on any atom is 0.184 e. The van der Waals surface area contributed by atoms with Crippen LogP contribution in [0.2, 0.25) is 0 Å². The Morgan fingerprint density at radius 3 is 2.41 bits per heavy atom. The van der Waals surface area contributed by atoms with Gasteiger partial charge in [0.2, 0.25) is 0 Å². The Labute approximate surface area is 109 Å². The third-order valence-electron chi connectivity index (χ3n) is 3.07. The maximum absolute atomic E-state index is 5.59. The first-order valence-corrected chi connectivity index (χ1v) is 6.82. The Morgan fingerprint density at radius 2 is 1.71 bits per heavy atom. The minimum atomic E-state index is -0.204. The molecule has 1 fully saturated rings. The largest absolute Gasteiger partial charge is 0.346 e. The summed E-state index contributed by atoms with van der Waals surface area (Å²) in [7, 11) is 0. The molecule has 3 heteroatoms. The summed E-state index contributed by atoms with van der Waals surface area (Å²) in [6.07, 6.45) is -0.204. The van der Waals surface area contributed by atoms with Crippen LogP contribution in [0.15, 0.2) is 36.4 Å². The van der Waals surface area contributed by atoms with Gasteiger partial charge in [-0.15, -0.1) is 0 Å². The van der Waals surface area contributed by atoms with Gasteiger partial charge in [-0.1, -0.05) is 52.3 Å². The summed E-state index contributed by atoms with van der Waals surface area (Å²) < 4.78 is 11.2. The molecule has 1 heterocycles. The van der Waals surface area contributed by atoms with E-state index in [4.69, 9.17) is 9.47 Å². The van der Waals surface area contributed by atoms with E-state index in [9.17, 15) is 0 Å². The van der Waals surface area contributed by atoms with E-state index >= 15 is 0 Å². The number of benzene rings is 2. The number of hydrogen-bond acceptors (Lipinski definition) is 2. The second kappa shape index (κ2) is 4.77. The molecule has 0 bridgehead atoms. The number of fused-ring (bicyclic) bond motifs is 1. The minimum Gasteiger partial charge on any atom is -0.346 e. The summed E-state index contributed by atoms with van der Waals surface area (Å²) in [4.78, 5) is 0. The zero-order chi connectivity index (χ0) is 11.7. The van der Waals surface area contributed by atoms with Crippen molar-refractivity contribution < 1.29 is 9.47 Å². The fourth-order valence-corrected chi connectivity index (χ4v) is 2.73. The fraction of sp³-hybridized carbons (Fsp3) is 0.286. The molecule has 0 aromatic heterocycles. The van der Waals surface area contributed by atoms with Crippen LogP contribution in [0.4, 0.5) is 0 Å². The number of halogens is 1. The Balaban J connectivity index is 2.19. The van der Waals surface area contributed by atoms with E-state index in [2.05, 4.69) is 52.3 Å². The molecular formula is C14H13BrO2. The van der Waals surface area contributed by atoms with Gasteiger partial charge in [-0.05, 0) is 16.3 Å². The van der Waals surface area contributed by atoms with Crippen molar-refractivity contribution in [2.45, 2.75) is 11.6 Å². The van der Waals surface area contributed by atoms with Crippen LogP contribution in [0.1, 0.15) is 17.4 Å². The lowest BCUT2D eigenvalue weighted by atomic mass is 10.00. The molecule has 3 rings (SSSR count). The van der Waals surface area contributed by atoms with Gasteiger partial charge in [-0.2, -0.15) is 0 Å². The summed E-state index contributed by atoms with van der Waals surface area (Å²) in [5, 5.41) is 3.34. The van der Waals surface area contributed by atoms with Crippen LogP contribution >= 0.6 is 15.9 Å². The van der Waals surface area contributed by atoms with Crippen molar-refractivity contribution in [3.8, 4) is 0 Å². The molecule has 0 spiro atoms. The third-order valence-corrected chi connectivity index (χ3v) is 3.67. The topological polar surface area (TPSA) is 18.5 Å². The summed E-state index contributed by atoms with van der Waals surface area (Å²) in [5.41, 5.74) is 2.42. The molecule has 0 atom stereocenters. The Bertz CT molecular complexity index is 533. The maximum atomic E-state index is 5.59. The lowest BCUT2D eigenvalue weighted by molar-refractivity contribution is -0.0430. The molecule has 0 N–H and O–H groups in total. The number of hydrogen-bond donors (Lipinski definition) is 0. The van der Waals surface area contributed by atoms with E-state index < -0.39 is 0 Å². The van der Waals surface area contributed by atoms with Crippen molar-refractivity contribution in [1.82, 2.24) is 0 Å². The van der Waals surface area contributed by atoms with Crippen LogP contribution in [0.5, 0.6) is 0 Å². The summed E-state index contributed by atoms with van der Waals surface area (Å²) in [6, 6.07) is 12.6. The smallest absolute Gasteiger partial charge is 0.184 e. The standard InChI is InChI=1S/C14H13BrO2/c15-9-10-5-6-13(14-16-7-8-17-14)12-4-2-1-3-11(10)12/h1-6,14H,7-9H2. The van der Waals surface area contributed by atoms with Gasteiger partial charge in [0.05, 0.1) is 13.2 Å². The van der Waals surface area contributed by atoms with Crippen molar-refractivity contribution >= 4 is 26.7 Å². The minimum absolute atomic E-state index is 0.204. The third kappa shape index (κ3) is 1.99. The van der Waals surface area contributed by atoms with Gasteiger partial charge >= 0.3 is 0 Å². The van der Waals surface area contributed by atoms with E-state index in [0.717, 1.165) is 10.9 Å². The molecule has 17 heavy (non-hydrogen) atoms. The monoisotopic (exact) mass is 292 g/mol. The van der Waals surface area contributed by atoms with Crippen LogP contribution in [0, 0.1) is 0 Å². The molecule has 2 nitrogen and oxygen atoms in total. The predicted octanol–water partition coefficient (Wildman–Crippen LogP) is 3.78. The average molecular weight is 293 g/mol. The average Bonchev–Trinajstić information content (AvgIpc) is 2.91. The van der Waals surface area contributed by atoms with Crippen molar-refractivity contribution in [3.05, 3.63) is 47.5 Å². The van der Waals surface area contributed by atoms with Crippen molar-refractivity contribution in [2.24, 2.45) is 0 Å². The predicted molar refractivity (Wildman–Crippen MR) is 71.2 cm³/mol. The highest BCUT2D eigenvalue weighted by Crippen LogP contribution is 2.32. The zero-order valence-electron chi connectivity index (χ0n) is 9.36. The van der Waals surface area contributed by atoms with Crippen LogP contribution in [-0.4, -0.2) is 13.2 Å². The molecule has 1 aliphatic heterocycles. The first-order valence-electron chi connectivity index (χ1n) is 5.70. The molecule has 88 valence electrons. The highest BCUT2D eigenvalue weighted by molar-refractivity contribution is 9.08. The van der Waals surface area contributed by atoms with Crippen LogP contribution in [0.25, 0.3) is 10.8 Å². The van der Waals surface area contributed by atoms with Crippen LogP contribution < -0.4 is 0 Å². The molecule has 1 saturated heterocycles. The Kier molecular flexibility index (Phi) is 3.14.